The molecule has 2 heterocycles. The topological polar surface area (TPSA) is 30.7 Å². The summed E-state index contributed by atoms with van der Waals surface area (Å²) in [4.78, 5) is 8.01. The van der Waals surface area contributed by atoms with Gasteiger partial charge in [-0.2, -0.15) is 0 Å². The third kappa shape index (κ3) is 0.603. The van der Waals surface area contributed by atoms with E-state index < -0.39 is 0 Å². The molecule has 0 aliphatic heterocycles. The summed E-state index contributed by atoms with van der Waals surface area (Å²) in [5, 5.41) is 0. The summed E-state index contributed by atoms with van der Waals surface area (Å²) in [6.07, 6.45) is 3.23. The minimum Gasteiger partial charge on any atom is -0.308 e. The van der Waals surface area contributed by atoms with E-state index in [1.165, 1.54) is 10.9 Å². The first-order valence-corrected chi connectivity index (χ1v) is 2.91. The molecule has 0 atom stereocenters. The van der Waals surface area contributed by atoms with E-state index in [1.54, 1.807) is 6.20 Å². The van der Waals surface area contributed by atoms with Crippen LogP contribution in [-0.4, -0.2) is 14.5 Å². The van der Waals surface area contributed by atoms with Crippen LogP contribution in [-0.2, 0) is 0 Å². The summed E-state index contributed by atoms with van der Waals surface area (Å²) >= 11 is 0. The second-order valence-corrected chi connectivity index (χ2v) is 2.00. The molecule has 0 fully saturated rings. The molecule has 0 spiro atoms. The van der Waals surface area contributed by atoms with Gasteiger partial charge in [-0.15, -0.1) is 0 Å². The number of pyridine rings is 1. The van der Waals surface area contributed by atoms with Crippen LogP contribution >= 0.6 is 0 Å². The normalized spacial score (nSPS) is 10.5. The smallest absolute Gasteiger partial charge is 0.160 e. The maximum Gasteiger partial charge on any atom is 0.160 e. The molecule has 0 amide bonds. The number of nitrogens with zero attached hydrogens (tertiary/aromatic N) is 3. The van der Waals surface area contributed by atoms with Gasteiger partial charge in [0.1, 0.15) is 5.52 Å². The van der Waals surface area contributed by atoms with Crippen molar-refractivity contribution in [1.82, 2.24) is 14.5 Å². The molecule has 0 bridgehead atoms. The molecular formula is C7H5N3. The SMILES string of the molecule is [CH]n1cnc2cccnc21. The van der Waals surface area contributed by atoms with Crippen LogP contribution in [0, 0.1) is 7.05 Å². The number of rotatable bonds is 0. The summed E-state index contributed by atoms with van der Waals surface area (Å²) in [5.41, 5.74) is 1.53. The van der Waals surface area contributed by atoms with Gasteiger partial charge in [-0.1, -0.05) is 0 Å². The minimum atomic E-state index is 0.711. The number of fused-ring (bicyclic) bond motifs is 1. The lowest BCUT2D eigenvalue weighted by atomic mass is 10.4. The standard InChI is InChI=1S/C7H5N3/c1-10-5-9-6-3-2-4-8-7(6)10/h1-5H. The van der Waals surface area contributed by atoms with Gasteiger partial charge >= 0.3 is 0 Å². The number of hydrogen-bond donors (Lipinski definition) is 0. The van der Waals surface area contributed by atoms with Gasteiger partial charge in [-0.25, -0.2) is 9.97 Å². The summed E-state index contributed by atoms with van der Waals surface area (Å²) < 4.78 is 1.40. The average Bonchev–Trinajstić information content (AvgIpc) is 2.34. The maximum absolute atomic E-state index is 5.47. The highest BCUT2D eigenvalue weighted by Gasteiger charge is 1.96. The van der Waals surface area contributed by atoms with Crippen LogP contribution in [0.4, 0.5) is 0 Å². The average molecular weight is 131 g/mol. The molecule has 2 radical (unpaired) electrons. The molecule has 0 N–H and O–H groups in total. The van der Waals surface area contributed by atoms with Crippen molar-refractivity contribution >= 4 is 11.2 Å². The lowest BCUT2D eigenvalue weighted by Crippen LogP contribution is -1.82. The van der Waals surface area contributed by atoms with Crippen molar-refractivity contribution in [2.75, 3.05) is 0 Å². The van der Waals surface area contributed by atoms with Crippen molar-refractivity contribution in [3.8, 4) is 0 Å². The Morgan fingerprint density at radius 2 is 2.30 bits per heavy atom. The van der Waals surface area contributed by atoms with E-state index in [2.05, 4.69) is 9.97 Å². The molecule has 0 unspecified atom stereocenters. The van der Waals surface area contributed by atoms with Gasteiger partial charge in [-0.3, -0.25) is 0 Å². The maximum atomic E-state index is 5.47. The van der Waals surface area contributed by atoms with E-state index in [9.17, 15) is 0 Å². The van der Waals surface area contributed by atoms with E-state index in [-0.39, 0.29) is 0 Å². The van der Waals surface area contributed by atoms with Crippen molar-refractivity contribution in [3.63, 3.8) is 0 Å². The van der Waals surface area contributed by atoms with Crippen LogP contribution in [0.3, 0.4) is 0 Å². The van der Waals surface area contributed by atoms with Crippen molar-refractivity contribution in [2.24, 2.45) is 0 Å². The first-order valence-electron chi connectivity index (χ1n) is 2.91. The van der Waals surface area contributed by atoms with Gasteiger partial charge in [0.05, 0.1) is 13.4 Å². The predicted octanol–water partition coefficient (Wildman–Crippen LogP) is 0.948. The second-order valence-electron chi connectivity index (χ2n) is 2.00. The Kier molecular flexibility index (Phi) is 0.974. The predicted molar refractivity (Wildman–Crippen MR) is 37.2 cm³/mol. The number of hydrogen-bond acceptors (Lipinski definition) is 2. The number of aromatic nitrogens is 3. The van der Waals surface area contributed by atoms with Crippen LogP contribution in [0.1, 0.15) is 0 Å². The molecule has 48 valence electrons. The lowest BCUT2D eigenvalue weighted by Gasteiger charge is -1.88. The monoisotopic (exact) mass is 131 g/mol. The van der Waals surface area contributed by atoms with E-state index in [0.717, 1.165) is 5.52 Å². The van der Waals surface area contributed by atoms with Crippen LogP contribution < -0.4 is 0 Å². The Morgan fingerprint density at radius 1 is 1.40 bits per heavy atom. The third-order valence-corrected chi connectivity index (χ3v) is 1.33. The molecule has 3 nitrogen and oxygen atoms in total. The van der Waals surface area contributed by atoms with Gasteiger partial charge in [-0.05, 0) is 12.1 Å². The fourth-order valence-electron chi connectivity index (χ4n) is 0.867. The van der Waals surface area contributed by atoms with E-state index in [1.807, 2.05) is 12.1 Å². The quantitative estimate of drug-likeness (QED) is 0.533. The second kappa shape index (κ2) is 1.80. The molecule has 0 aliphatic rings. The zero-order valence-corrected chi connectivity index (χ0v) is 5.23. The number of imidazole rings is 1. The molecule has 3 heteroatoms. The highest BCUT2D eigenvalue weighted by Crippen LogP contribution is 2.05. The largest absolute Gasteiger partial charge is 0.308 e. The van der Waals surface area contributed by atoms with E-state index in [4.69, 9.17) is 7.05 Å². The molecule has 0 aromatic carbocycles. The molecule has 0 saturated carbocycles. The first kappa shape index (κ1) is 5.41. The Labute approximate surface area is 58.3 Å². The van der Waals surface area contributed by atoms with Crippen molar-refractivity contribution in [2.45, 2.75) is 0 Å². The van der Waals surface area contributed by atoms with Crippen molar-refractivity contribution in [3.05, 3.63) is 31.7 Å². The van der Waals surface area contributed by atoms with Gasteiger partial charge in [0, 0.05) is 6.20 Å². The fourth-order valence-corrected chi connectivity index (χ4v) is 0.867. The highest BCUT2D eigenvalue weighted by molar-refractivity contribution is 5.70. The third-order valence-electron chi connectivity index (χ3n) is 1.33. The Balaban J connectivity index is 2.93. The zero-order chi connectivity index (χ0) is 6.97. The van der Waals surface area contributed by atoms with E-state index >= 15 is 0 Å². The highest BCUT2D eigenvalue weighted by atomic mass is 15.1. The summed E-state index contributed by atoms with van der Waals surface area (Å²) in [6.45, 7) is 0. The van der Waals surface area contributed by atoms with Gasteiger partial charge in [0.15, 0.2) is 5.65 Å². The summed E-state index contributed by atoms with van der Waals surface area (Å²) in [7, 11) is 5.47. The molecular weight excluding hydrogens is 126 g/mol. The Hall–Kier alpha value is -1.38. The molecule has 2 aromatic heterocycles. The van der Waals surface area contributed by atoms with Crippen molar-refractivity contribution < 1.29 is 0 Å². The van der Waals surface area contributed by atoms with Gasteiger partial charge in [0.25, 0.3) is 0 Å². The van der Waals surface area contributed by atoms with E-state index in [0.29, 0.717) is 5.65 Å². The summed E-state index contributed by atoms with van der Waals surface area (Å²) in [5.74, 6) is 0. The molecule has 2 rings (SSSR count). The Bertz CT molecular complexity index is 350. The van der Waals surface area contributed by atoms with Crippen molar-refractivity contribution in [1.29, 1.82) is 0 Å². The fraction of sp³-hybridized carbons (Fsp3) is 0. The van der Waals surface area contributed by atoms with Gasteiger partial charge < -0.3 is 4.57 Å². The Morgan fingerprint density at radius 3 is 3.10 bits per heavy atom. The van der Waals surface area contributed by atoms with Crippen LogP contribution in [0.25, 0.3) is 11.2 Å². The zero-order valence-electron chi connectivity index (χ0n) is 5.23. The first-order chi connectivity index (χ1) is 4.88. The molecule has 0 aliphatic carbocycles. The van der Waals surface area contributed by atoms with Gasteiger partial charge in [0.2, 0.25) is 0 Å². The van der Waals surface area contributed by atoms with Crippen LogP contribution in [0.15, 0.2) is 24.7 Å². The van der Waals surface area contributed by atoms with Crippen LogP contribution in [0.2, 0.25) is 0 Å². The molecule has 0 saturated heterocycles. The molecule has 10 heavy (non-hydrogen) atoms. The molecule has 2 aromatic rings. The van der Waals surface area contributed by atoms with Crippen LogP contribution in [0.5, 0.6) is 0 Å². The summed E-state index contributed by atoms with van der Waals surface area (Å²) in [6, 6.07) is 3.70. The minimum absolute atomic E-state index is 0.711. The lowest BCUT2D eigenvalue weighted by molar-refractivity contribution is 1.07.